The van der Waals surface area contributed by atoms with Crippen molar-refractivity contribution in [3.05, 3.63) is 52.0 Å². The van der Waals surface area contributed by atoms with Gasteiger partial charge in [0, 0.05) is 6.42 Å². The third-order valence-corrected chi connectivity index (χ3v) is 3.34. The Kier molecular flexibility index (Phi) is 3.31. The first-order valence-corrected chi connectivity index (χ1v) is 5.86. The summed E-state index contributed by atoms with van der Waals surface area (Å²) in [4.78, 5) is 15.6. The van der Waals surface area contributed by atoms with E-state index in [1.54, 1.807) is 6.20 Å². The van der Waals surface area contributed by atoms with Crippen molar-refractivity contribution < 1.29 is 4.79 Å². The summed E-state index contributed by atoms with van der Waals surface area (Å²) in [6, 6.07) is 10.2. The zero-order valence-corrected chi connectivity index (χ0v) is 9.54. The number of primary amides is 1. The molecule has 4 heteroatoms. The molecule has 1 amide bonds. The molecule has 0 aliphatic rings. The Morgan fingerprint density at radius 1 is 1.25 bits per heavy atom. The molecule has 1 heterocycles. The zero-order valence-electron chi connectivity index (χ0n) is 8.72. The molecule has 0 spiro atoms. The topological polar surface area (TPSA) is 56.0 Å². The van der Waals surface area contributed by atoms with Crippen LogP contribution in [0.5, 0.6) is 0 Å². The average Bonchev–Trinajstić information content (AvgIpc) is 2.76. The summed E-state index contributed by atoms with van der Waals surface area (Å²) >= 11 is 1.37. The van der Waals surface area contributed by atoms with Crippen LogP contribution in [0.1, 0.15) is 20.2 Å². The van der Waals surface area contributed by atoms with E-state index < -0.39 is 5.91 Å². The number of benzene rings is 1. The van der Waals surface area contributed by atoms with Crippen LogP contribution < -0.4 is 5.73 Å². The Bertz CT molecular complexity index is 479. The van der Waals surface area contributed by atoms with Crippen molar-refractivity contribution in [3.8, 4) is 0 Å². The molecule has 16 heavy (non-hydrogen) atoms. The molecule has 0 fully saturated rings. The van der Waals surface area contributed by atoms with Crippen LogP contribution in [0.3, 0.4) is 0 Å². The second kappa shape index (κ2) is 4.90. The first-order valence-electron chi connectivity index (χ1n) is 5.04. The van der Waals surface area contributed by atoms with Crippen LogP contribution in [0.25, 0.3) is 0 Å². The highest BCUT2D eigenvalue weighted by molar-refractivity contribution is 7.13. The lowest BCUT2D eigenvalue weighted by molar-refractivity contribution is 0.100. The van der Waals surface area contributed by atoms with Crippen molar-refractivity contribution in [2.75, 3.05) is 0 Å². The molecule has 2 aromatic rings. The summed E-state index contributed by atoms with van der Waals surface area (Å²) in [6.45, 7) is 0. The van der Waals surface area contributed by atoms with E-state index >= 15 is 0 Å². The van der Waals surface area contributed by atoms with Gasteiger partial charge in [-0.15, -0.1) is 11.3 Å². The van der Waals surface area contributed by atoms with Gasteiger partial charge >= 0.3 is 0 Å². The van der Waals surface area contributed by atoms with Gasteiger partial charge in [0.1, 0.15) is 4.88 Å². The van der Waals surface area contributed by atoms with Crippen molar-refractivity contribution in [2.24, 2.45) is 5.73 Å². The van der Waals surface area contributed by atoms with Gasteiger partial charge in [0.2, 0.25) is 0 Å². The Balaban J connectivity index is 1.97. The molecule has 82 valence electrons. The molecule has 2 N–H and O–H groups in total. The van der Waals surface area contributed by atoms with Gasteiger partial charge < -0.3 is 5.73 Å². The van der Waals surface area contributed by atoms with Gasteiger partial charge in [0.25, 0.3) is 5.91 Å². The smallest absolute Gasteiger partial charge is 0.260 e. The van der Waals surface area contributed by atoms with Gasteiger partial charge in [-0.3, -0.25) is 4.79 Å². The summed E-state index contributed by atoms with van der Waals surface area (Å²) in [5, 5.41) is 0.956. The first-order chi connectivity index (χ1) is 7.75. The fourth-order valence-electron chi connectivity index (χ4n) is 1.44. The number of nitrogens with two attached hydrogens (primary N) is 1. The SMILES string of the molecule is NC(=O)c1cnc(CCc2ccccc2)s1. The van der Waals surface area contributed by atoms with Gasteiger partial charge in [0.05, 0.1) is 11.2 Å². The quantitative estimate of drug-likeness (QED) is 0.876. The van der Waals surface area contributed by atoms with Crippen LogP contribution >= 0.6 is 11.3 Å². The van der Waals surface area contributed by atoms with Gasteiger partial charge in [-0.05, 0) is 12.0 Å². The molecular weight excluding hydrogens is 220 g/mol. The molecule has 0 saturated carbocycles. The molecule has 0 radical (unpaired) electrons. The predicted molar refractivity (Wildman–Crippen MR) is 64.5 cm³/mol. The van der Waals surface area contributed by atoms with Crippen molar-refractivity contribution in [1.82, 2.24) is 4.98 Å². The fraction of sp³-hybridized carbons (Fsp3) is 0.167. The first kappa shape index (κ1) is 10.8. The number of thiazole rings is 1. The number of nitrogens with zero attached hydrogens (tertiary/aromatic N) is 1. The number of aryl methyl sites for hydroxylation is 2. The van der Waals surface area contributed by atoms with Crippen molar-refractivity contribution in [2.45, 2.75) is 12.8 Å². The molecule has 2 rings (SSSR count). The summed E-state index contributed by atoms with van der Waals surface area (Å²) in [6.07, 6.45) is 3.34. The van der Waals surface area contributed by atoms with E-state index in [1.165, 1.54) is 16.9 Å². The lowest BCUT2D eigenvalue weighted by Crippen LogP contribution is -2.08. The minimum atomic E-state index is -0.400. The van der Waals surface area contributed by atoms with Crippen LogP contribution in [-0.4, -0.2) is 10.9 Å². The zero-order chi connectivity index (χ0) is 11.4. The second-order valence-electron chi connectivity index (χ2n) is 3.47. The molecule has 0 saturated heterocycles. The van der Waals surface area contributed by atoms with E-state index in [1.807, 2.05) is 18.2 Å². The van der Waals surface area contributed by atoms with Crippen molar-refractivity contribution in [1.29, 1.82) is 0 Å². The molecule has 0 unspecified atom stereocenters. The van der Waals surface area contributed by atoms with E-state index in [0.717, 1.165) is 17.8 Å². The summed E-state index contributed by atoms with van der Waals surface area (Å²) in [5.41, 5.74) is 6.44. The maximum atomic E-state index is 10.9. The van der Waals surface area contributed by atoms with Gasteiger partial charge in [0.15, 0.2) is 0 Å². The third kappa shape index (κ3) is 2.67. The number of aromatic nitrogens is 1. The molecule has 1 aromatic carbocycles. The highest BCUT2D eigenvalue weighted by atomic mass is 32.1. The van der Waals surface area contributed by atoms with Crippen LogP contribution in [0.15, 0.2) is 36.5 Å². The van der Waals surface area contributed by atoms with Crippen LogP contribution in [0.4, 0.5) is 0 Å². The van der Waals surface area contributed by atoms with Crippen LogP contribution in [0.2, 0.25) is 0 Å². The van der Waals surface area contributed by atoms with E-state index in [0.29, 0.717) is 4.88 Å². The van der Waals surface area contributed by atoms with E-state index in [4.69, 9.17) is 5.73 Å². The largest absolute Gasteiger partial charge is 0.365 e. The molecule has 0 aliphatic heterocycles. The fourth-order valence-corrected chi connectivity index (χ4v) is 2.21. The summed E-state index contributed by atoms with van der Waals surface area (Å²) < 4.78 is 0. The molecular formula is C12H12N2OS. The third-order valence-electron chi connectivity index (χ3n) is 2.27. The summed E-state index contributed by atoms with van der Waals surface area (Å²) in [7, 11) is 0. The number of rotatable bonds is 4. The Labute approximate surface area is 97.9 Å². The molecule has 0 bridgehead atoms. The predicted octanol–water partition coefficient (Wildman–Crippen LogP) is 2.03. The minimum absolute atomic E-state index is 0.400. The lowest BCUT2D eigenvalue weighted by atomic mass is 10.1. The van der Waals surface area contributed by atoms with E-state index in [2.05, 4.69) is 17.1 Å². The van der Waals surface area contributed by atoms with Crippen molar-refractivity contribution >= 4 is 17.2 Å². The molecule has 3 nitrogen and oxygen atoms in total. The molecule has 1 aromatic heterocycles. The van der Waals surface area contributed by atoms with E-state index in [-0.39, 0.29) is 0 Å². The molecule has 0 aliphatic carbocycles. The van der Waals surface area contributed by atoms with Crippen molar-refractivity contribution in [3.63, 3.8) is 0 Å². The number of hydrogen-bond donors (Lipinski definition) is 1. The second-order valence-corrected chi connectivity index (χ2v) is 4.58. The van der Waals surface area contributed by atoms with Gasteiger partial charge in [-0.25, -0.2) is 4.98 Å². The van der Waals surface area contributed by atoms with E-state index in [9.17, 15) is 4.79 Å². The van der Waals surface area contributed by atoms with Crippen LogP contribution in [0, 0.1) is 0 Å². The highest BCUT2D eigenvalue weighted by Gasteiger charge is 2.06. The normalized spacial score (nSPS) is 10.2. The van der Waals surface area contributed by atoms with Gasteiger partial charge in [-0.2, -0.15) is 0 Å². The highest BCUT2D eigenvalue weighted by Crippen LogP contribution is 2.14. The summed E-state index contributed by atoms with van der Waals surface area (Å²) in [5.74, 6) is -0.400. The average molecular weight is 232 g/mol. The number of carbonyl (C=O) groups is 1. The maximum absolute atomic E-state index is 10.9. The standard InChI is InChI=1S/C12H12N2OS/c13-12(15)10-8-14-11(16-10)7-6-9-4-2-1-3-5-9/h1-5,8H,6-7H2,(H2,13,15). The maximum Gasteiger partial charge on any atom is 0.260 e. The molecule has 0 atom stereocenters. The number of carbonyl (C=O) groups excluding carboxylic acids is 1. The lowest BCUT2D eigenvalue weighted by Gasteiger charge is -1.97. The Morgan fingerprint density at radius 3 is 2.62 bits per heavy atom. The number of amides is 1. The Hall–Kier alpha value is -1.68. The van der Waals surface area contributed by atoms with Crippen LogP contribution in [-0.2, 0) is 12.8 Å². The minimum Gasteiger partial charge on any atom is -0.365 e. The number of hydrogen-bond acceptors (Lipinski definition) is 3. The van der Waals surface area contributed by atoms with Gasteiger partial charge in [-0.1, -0.05) is 30.3 Å². The Morgan fingerprint density at radius 2 is 2.00 bits per heavy atom. The monoisotopic (exact) mass is 232 g/mol.